The molecule has 0 saturated heterocycles. The highest BCUT2D eigenvalue weighted by Gasteiger charge is 1.10. The van der Waals surface area contributed by atoms with E-state index in [1.807, 2.05) is 0 Å². The Balaban J connectivity index is 2.55. The second-order valence-corrected chi connectivity index (χ2v) is 0.447. The maximum atomic E-state index is 3.49. The summed E-state index contributed by atoms with van der Waals surface area (Å²) in [6.45, 7) is 1.76. The molecule has 0 aliphatic carbocycles. The second kappa shape index (κ2) is 2.67. The molecular weight excluding hydrogens is 50.0 g/mol. The van der Waals surface area contributed by atoms with Crippen molar-refractivity contribution in [2.75, 3.05) is 7.05 Å². The molecule has 0 heterocycles. The lowest BCUT2D eigenvalue weighted by Crippen LogP contribution is -1.47. The maximum Gasteiger partial charge on any atom is -0.0122 e. The zero-order valence-electron chi connectivity index (χ0n) is 2.95. The van der Waals surface area contributed by atoms with E-state index in [-0.39, 0.29) is 0 Å². The van der Waals surface area contributed by atoms with E-state index in [0.717, 1.165) is 0 Å². The van der Waals surface area contributed by atoms with Gasteiger partial charge in [0.2, 0.25) is 0 Å². The molecule has 1 nitrogen and oxygen atoms in total. The molecule has 0 aliphatic rings. The van der Waals surface area contributed by atoms with E-state index >= 15 is 0 Å². The van der Waals surface area contributed by atoms with Crippen molar-refractivity contribution in [3.63, 3.8) is 0 Å². The summed E-state index contributed by atoms with van der Waals surface area (Å²) in [6.07, 6.45) is 2.56. The highest BCUT2D eigenvalue weighted by Crippen LogP contribution is 1.39. The Morgan fingerprint density at radius 1 is 1.75 bits per heavy atom. The fraction of sp³-hybridized carbons (Fsp3) is 0.667. The summed E-state index contributed by atoms with van der Waals surface area (Å²) >= 11 is 0. The van der Waals surface area contributed by atoms with E-state index in [0.29, 0.717) is 0 Å². The Morgan fingerprint density at radius 3 is 2.00 bits per heavy atom. The van der Waals surface area contributed by atoms with Crippen LogP contribution in [0.4, 0.5) is 0 Å². The molecule has 0 bridgehead atoms. The van der Waals surface area contributed by atoms with Crippen molar-refractivity contribution < 1.29 is 0 Å². The standard InChI is InChI=1S/C3H6N/c1-3-4-2/h1-2H3/q-1. The van der Waals surface area contributed by atoms with Crippen LogP contribution >= 0.6 is 0 Å². The van der Waals surface area contributed by atoms with Gasteiger partial charge in [-0.05, 0) is 7.05 Å². The van der Waals surface area contributed by atoms with Gasteiger partial charge in [0, 0.05) is 0 Å². The molecule has 0 fully saturated rings. The van der Waals surface area contributed by atoms with Gasteiger partial charge in [-0.1, -0.05) is 0 Å². The molecule has 0 N–H and O–H groups in total. The summed E-state index contributed by atoms with van der Waals surface area (Å²) in [5.74, 6) is 0. The van der Waals surface area contributed by atoms with Crippen molar-refractivity contribution in [1.29, 1.82) is 0 Å². The lowest BCUT2D eigenvalue weighted by molar-refractivity contribution is 1.46. The Morgan fingerprint density at radius 2 is 2.00 bits per heavy atom. The molecule has 24 valence electrons. The highest BCUT2D eigenvalue weighted by atomic mass is 14.6. The summed E-state index contributed by atoms with van der Waals surface area (Å²) in [6, 6.07) is 0. The molecule has 1 heteroatoms. The molecule has 0 radical (unpaired) electrons. The van der Waals surface area contributed by atoms with Crippen LogP contribution in [0.1, 0.15) is 6.92 Å². The van der Waals surface area contributed by atoms with Crippen LogP contribution in [0.3, 0.4) is 0 Å². The van der Waals surface area contributed by atoms with Crippen LogP contribution in [0.5, 0.6) is 0 Å². The van der Waals surface area contributed by atoms with E-state index in [1.54, 1.807) is 14.0 Å². The Kier molecular flexibility index (Phi) is 2.45. The highest BCUT2D eigenvalue weighted by molar-refractivity contribution is 5.52. The normalized spacial score (nSPS) is 9.50. The first kappa shape index (κ1) is 3.67. The van der Waals surface area contributed by atoms with E-state index in [4.69, 9.17) is 0 Å². The van der Waals surface area contributed by atoms with Crippen LogP contribution in [-0.2, 0) is 0 Å². The summed E-state index contributed by atoms with van der Waals surface area (Å²) in [7, 11) is 1.69. The first-order chi connectivity index (χ1) is 1.91. The monoisotopic (exact) mass is 56.1 g/mol. The average Bonchev–Trinajstić information content (AvgIpc) is 1.37. The van der Waals surface area contributed by atoms with Crippen molar-refractivity contribution >= 4 is 6.21 Å². The minimum absolute atomic E-state index is 1.69. The molecular formula is C3H6N-. The minimum atomic E-state index is 1.69. The molecule has 0 atom stereocenters. The van der Waals surface area contributed by atoms with E-state index in [1.165, 1.54) is 0 Å². The zero-order valence-corrected chi connectivity index (χ0v) is 2.95. The van der Waals surface area contributed by atoms with Gasteiger partial charge in [0.05, 0.1) is 0 Å². The summed E-state index contributed by atoms with van der Waals surface area (Å²) in [5.41, 5.74) is 0. The molecule has 0 rings (SSSR count). The van der Waals surface area contributed by atoms with Crippen LogP contribution in [0.15, 0.2) is 4.99 Å². The van der Waals surface area contributed by atoms with Gasteiger partial charge in [-0.2, -0.15) is 6.92 Å². The molecule has 4 heavy (non-hydrogen) atoms. The molecule has 0 aliphatic heterocycles. The lowest BCUT2D eigenvalue weighted by atomic mass is 10.9. The number of aliphatic imine (C=N–C) groups is 1. The topological polar surface area (TPSA) is 12.4 Å². The van der Waals surface area contributed by atoms with Crippen molar-refractivity contribution in [3.8, 4) is 0 Å². The van der Waals surface area contributed by atoms with Crippen LogP contribution < -0.4 is 0 Å². The van der Waals surface area contributed by atoms with Gasteiger partial charge in [0.1, 0.15) is 0 Å². The summed E-state index contributed by atoms with van der Waals surface area (Å²) < 4.78 is 0. The third-order valence-corrected chi connectivity index (χ3v) is 0.224. The van der Waals surface area contributed by atoms with Crippen molar-refractivity contribution in [2.24, 2.45) is 4.99 Å². The Bertz CT molecular complexity index is 18.5. The predicted octanol–water partition coefficient (Wildman–Crippen LogP) is 0.584. The molecule has 0 saturated carbocycles. The predicted molar refractivity (Wildman–Crippen MR) is 19.0 cm³/mol. The number of hydrogen-bond acceptors (Lipinski definition) is 1. The van der Waals surface area contributed by atoms with E-state index in [2.05, 4.69) is 11.2 Å². The van der Waals surface area contributed by atoms with Gasteiger partial charge in [-0.15, -0.1) is 0 Å². The Hall–Kier alpha value is -0.330. The SMILES string of the molecule is C[C-]=NC. The third-order valence-electron chi connectivity index (χ3n) is 0.224. The zero-order chi connectivity index (χ0) is 3.41. The quantitative estimate of drug-likeness (QED) is 0.284. The van der Waals surface area contributed by atoms with Crippen LogP contribution in [-0.4, -0.2) is 13.3 Å². The lowest BCUT2D eigenvalue weighted by Gasteiger charge is -1.76. The molecule has 0 unspecified atom stereocenters. The Labute approximate surface area is 26.4 Å². The van der Waals surface area contributed by atoms with Crippen molar-refractivity contribution in [2.45, 2.75) is 6.92 Å². The largest absolute Gasteiger partial charge is 0.506 e. The van der Waals surface area contributed by atoms with Crippen LogP contribution in [0.2, 0.25) is 0 Å². The van der Waals surface area contributed by atoms with Gasteiger partial charge >= 0.3 is 0 Å². The first-order valence-electron chi connectivity index (χ1n) is 1.17. The van der Waals surface area contributed by atoms with Gasteiger partial charge < -0.3 is 11.2 Å². The third kappa shape index (κ3) is 1.67. The summed E-state index contributed by atoms with van der Waals surface area (Å²) in [4.78, 5) is 3.49. The summed E-state index contributed by atoms with van der Waals surface area (Å²) in [5, 5.41) is 0. The maximum absolute atomic E-state index is 3.49. The van der Waals surface area contributed by atoms with Crippen LogP contribution in [0, 0.1) is 0 Å². The molecule has 0 aromatic carbocycles. The van der Waals surface area contributed by atoms with E-state index in [9.17, 15) is 0 Å². The molecule has 0 aromatic rings. The fourth-order valence-electron chi connectivity index (χ4n) is 0. The fourth-order valence-corrected chi connectivity index (χ4v) is 0. The number of hydrogen-bond donors (Lipinski definition) is 0. The van der Waals surface area contributed by atoms with Crippen LogP contribution in [0.25, 0.3) is 0 Å². The van der Waals surface area contributed by atoms with Gasteiger partial charge in [0.25, 0.3) is 0 Å². The molecule has 0 amide bonds. The minimum Gasteiger partial charge on any atom is -0.506 e. The van der Waals surface area contributed by atoms with Gasteiger partial charge in [0.15, 0.2) is 0 Å². The van der Waals surface area contributed by atoms with Crippen molar-refractivity contribution in [3.05, 3.63) is 0 Å². The van der Waals surface area contributed by atoms with Crippen molar-refractivity contribution in [1.82, 2.24) is 0 Å². The molecule has 0 spiro atoms. The first-order valence-corrected chi connectivity index (χ1v) is 1.17. The number of rotatable bonds is 0. The number of nitrogens with zero attached hydrogens (tertiary/aromatic N) is 1. The second-order valence-electron chi connectivity index (χ2n) is 0.447. The van der Waals surface area contributed by atoms with E-state index < -0.39 is 0 Å². The average molecular weight is 56.1 g/mol. The molecule has 0 aromatic heterocycles. The van der Waals surface area contributed by atoms with Gasteiger partial charge in [-0.3, -0.25) is 0 Å². The van der Waals surface area contributed by atoms with Gasteiger partial charge in [-0.25, -0.2) is 0 Å². The smallest absolute Gasteiger partial charge is 0.0122 e.